The molecule has 0 fully saturated rings. The lowest BCUT2D eigenvalue weighted by Crippen LogP contribution is -2.04. The topological polar surface area (TPSA) is 69.9 Å². The lowest BCUT2D eigenvalue weighted by Gasteiger charge is -2.08. The molecule has 4 nitrogen and oxygen atoms in total. The van der Waals surface area contributed by atoms with Crippen LogP contribution in [-0.2, 0) is 13.0 Å². The number of aromatic nitrogens is 2. The molecule has 92 valence electrons. The van der Waals surface area contributed by atoms with E-state index in [1.54, 1.807) is 6.20 Å². The van der Waals surface area contributed by atoms with E-state index >= 15 is 0 Å². The summed E-state index contributed by atoms with van der Waals surface area (Å²) in [4.78, 5) is 4.18. The molecule has 5 heteroatoms. The summed E-state index contributed by atoms with van der Waals surface area (Å²) in [5.41, 5.74) is 14.3. The summed E-state index contributed by atoms with van der Waals surface area (Å²) in [6.45, 7) is 2.86. The van der Waals surface area contributed by atoms with Crippen molar-refractivity contribution in [2.45, 2.75) is 19.9 Å². The van der Waals surface area contributed by atoms with E-state index in [0.717, 1.165) is 35.7 Å². The molecule has 0 amide bonds. The zero-order chi connectivity index (χ0) is 11.5. The van der Waals surface area contributed by atoms with E-state index in [-0.39, 0.29) is 12.4 Å². The lowest BCUT2D eigenvalue weighted by molar-refractivity contribution is 0.674. The Labute approximate surface area is 107 Å². The highest BCUT2D eigenvalue weighted by Crippen LogP contribution is 2.16. The van der Waals surface area contributed by atoms with Gasteiger partial charge in [-0.2, -0.15) is 0 Å². The standard InChI is InChI=1S/C12H16N4.ClH/c1-9-15-5-7-16(9)6-4-10-8-11(13)2-3-12(10)14;/h2-3,5,7-8H,4,6,13-14H2,1H3;1H. The van der Waals surface area contributed by atoms with E-state index in [2.05, 4.69) is 9.55 Å². The molecule has 0 spiro atoms. The third-order valence-electron chi connectivity index (χ3n) is 2.71. The monoisotopic (exact) mass is 252 g/mol. The van der Waals surface area contributed by atoms with E-state index in [9.17, 15) is 0 Å². The van der Waals surface area contributed by atoms with Gasteiger partial charge >= 0.3 is 0 Å². The molecule has 0 radical (unpaired) electrons. The Balaban J connectivity index is 0.00000144. The van der Waals surface area contributed by atoms with Gasteiger partial charge < -0.3 is 16.0 Å². The van der Waals surface area contributed by atoms with E-state index < -0.39 is 0 Å². The summed E-state index contributed by atoms with van der Waals surface area (Å²) in [6.07, 6.45) is 4.64. The molecule has 2 aromatic rings. The number of halogens is 1. The SMILES string of the molecule is Cc1nccn1CCc1cc(N)ccc1N.Cl. The van der Waals surface area contributed by atoms with Crippen LogP contribution in [0.5, 0.6) is 0 Å². The molecule has 4 N–H and O–H groups in total. The molecule has 0 atom stereocenters. The molecule has 0 saturated heterocycles. The number of hydrogen-bond donors (Lipinski definition) is 2. The molecule has 0 aliphatic rings. The van der Waals surface area contributed by atoms with Crippen LogP contribution in [0, 0.1) is 6.92 Å². The summed E-state index contributed by atoms with van der Waals surface area (Å²) in [7, 11) is 0. The van der Waals surface area contributed by atoms with Gasteiger partial charge in [-0.3, -0.25) is 0 Å². The summed E-state index contributed by atoms with van der Waals surface area (Å²) < 4.78 is 2.10. The van der Waals surface area contributed by atoms with Crippen molar-refractivity contribution in [1.82, 2.24) is 9.55 Å². The van der Waals surface area contributed by atoms with Crippen LogP contribution in [-0.4, -0.2) is 9.55 Å². The fourth-order valence-electron chi connectivity index (χ4n) is 1.72. The van der Waals surface area contributed by atoms with Crippen molar-refractivity contribution < 1.29 is 0 Å². The Morgan fingerprint density at radius 2 is 2.06 bits per heavy atom. The Morgan fingerprint density at radius 1 is 1.29 bits per heavy atom. The molecule has 17 heavy (non-hydrogen) atoms. The van der Waals surface area contributed by atoms with Gasteiger partial charge in [0.2, 0.25) is 0 Å². The molecule has 1 aromatic carbocycles. The van der Waals surface area contributed by atoms with E-state index in [1.165, 1.54) is 0 Å². The Kier molecular flexibility index (Phi) is 4.40. The quantitative estimate of drug-likeness (QED) is 0.821. The second kappa shape index (κ2) is 5.59. The Morgan fingerprint density at radius 3 is 2.71 bits per heavy atom. The molecule has 0 saturated carbocycles. The van der Waals surface area contributed by atoms with Crippen molar-refractivity contribution in [3.8, 4) is 0 Å². The van der Waals surface area contributed by atoms with Crippen LogP contribution in [0.15, 0.2) is 30.6 Å². The first-order chi connectivity index (χ1) is 7.66. The maximum atomic E-state index is 5.89. The number of benzene rings is 1. The van der Waals surface area contributed by atoms with Gasteiger partial charge in [-0.05, 0) is 37.1 Å². The van der Waals surface area contributed by atoms with Crippen LogP contribution in [0.2, 0.25) is 0 Å². The number of nitrogen functional groups attached to an aromatic ring is 2. The van der Waals surface area contributed by atoms with Gasteiger partial charge in [0.05, 0.1) is 0 Å². The molecule has 0 aliphatic carbocycles. The van der Waals surface area contributed by atoms with Gasteiger partial charge in [-0.25, -0.2) is 4.98 Å². The zero-order valence-corrected chi connectivity index (χ0v) is 10.6. The molecule has 0 aliphatic heterocycles. The summed E-state index contributed by atoms with van der Waals surface area (Å²) >= 11 is 0. The second-order valence-corrected chi connectivity index (χ2v) is 3.88. The van der Waals surface area contributed by atoms with Crippen molar-refractivity contribution in [3.05, 3.63) is 42.0 Å². The Hall–Kier alpha value is -1.68. The van der Waals surface area contributed by atoms with Gasteiger partial charge in [0.25, 0.3) is 0 Å². The first-order valence-electron chi connectivity index (χ1n) is 5.28. The minimum atomic E-state index is 0. The first kappa shape index (κ1) is 13.4. The van der Waals surface area contributed by atoms with Crippen LogP contribution < -0.4 is 11.5 Å². The summed E-state index contributed by atoms with van der Waals surface area (Å²) in [5, 5.41) is 0. The molecular formula is C12H17ClN4. The highest BCUT2D eigenvalue weighted by atomic mass is 35.5. The van der Waals surface area contributed by atoms with Crippen molar-refractivity contribution in [1.29, 1.82) is 0 Å². The van der Waals surface area contributed by atoms with Gasteiger partial charge in [-0.15, -0.1) is 12.4 Å². The molecule has 1 heterocycles. The van der Waals surface area contributed by atoms with Crippen molar-refractivity contribution in [2.24, 2.45) is 0 Å². The third kappa shape index (κ3) is 3.14. The second-order valence-electron chi connectivity index (χ2n) is 3.88. The lowest BCUT2D eigenvalue weighted by atomic mass is 10.1. The number of nitrogens with zero attached hydrogens (tertiary/aromatic N) is 2. The van der Waals surface area contributed by atoms with Gasteiger partial charge in [0, 0.05) is 30.3 Å². The molecule has 2 rings (SSSR count). The van der Waals surface area contributed by atoms with Crippen LogP contribution >= 0.6 is 12.4 Å². The minimum Gasteiger partial charge on any atom is -0.399 e. The predicted molar refractivity (Wildman–Crippen MR) is 73.2 cm³/mol. The average Bonchev–Trinajstić information content (AvgIpc) is 2.66. The average molecular weight is 253 g/mol. The third-order valence-corrected chi connectivity index (χ3v) is 2.71. The number of aryl methyl sites for hydroxylation is 3. The molecule has 0 unspecified atom stereocenters. The fourth-order valence-corrected chi connectivity index (χ4v) is 1.72. The fraction of sp³-hybridized carbons (Fsp3) is 0.250. The number of hydrogen-bond acceptors (Lipinski definition) is 3. The maximum absolute atomic E-state index is 5.89. The van der Waals surface area contributed by atoms with Gasteiger partial charge in [0.15, 0.2) is 0 Å². The van der Waals surface area contributed by atoms with Crippen molar-refractivity contribution in [3.63, 3.8) is 0 Å². The number of rotatable bonds is 3. The van der Waals surface area contributed by atoms with Gasteiger partial charge in [-0.1, -0.05) is 0 Å². The van der Waals surface area contributed by atoms with Crippen LogP contribution in [0.25, 0.3) is 0 Å². The zero-order valence-electron chi connectivity index (χ0n) is 9.76. The number of imidazole rings is 1. The minimum absolute atomic E-state index is 0. The highest BCUT2D eigenvalue weighted by molar-refractivity contribution is 5.85. The number of nitrogens with two attached hydrogens (primary N) is 2. The van der Waals surface area contributed by atoms with Crippen LogP contribution in [0.3, 0.4) is 0 Å². The molecule has 0 bridgehead atoms. The highest BCUT2D eigenvalue weighted by Gasteiger charge is 2.02. The summed E-state index contributed by atoms with van der Waals surface area (Å²) in [5.74, 6) is 1.02. The summed E-state index contributed by atoms with van der Waals surface area (Å²) in [6, 6.07) is 5.61. The first-order valence-corrected chi connectivity index (χ1v) is 5.28. The maximum Gasteiger partial charge on any atom is 0.105 e. The number of anilines is 2. The van der Waals surface area contributed by atoms with Gasteiger partial charge in [0.1, 0.15) is 5.82 Å². The normalized spacial score (nSPS) is 9.94. The van der Waals surface area contributed by atoms with E-state index in [1.807, 2.05) is 31.3 Å². The smallest absolute Gasteiger partial charge is 0.105 e. The van der Waals surface area contributed by atoms with Crippen LogP contribution in [0.4, 0.5) is 11.4 Å². The van der Waals surface area contributed by atoms with Crippen LogP contribution in [0.1, 0.15) is 11.4 Å². The Bertz CT molecular complexity index is 493. The molecule has 1 aromatic heterocycles. The van der Waals surface area contributed by atoms with E-state index in [0.29, 0.717) is 0 Å². The van der Waals surface area contributed by atoms with Crippen molar-refractivity contribution >= 4 is 23.8 Å². The molecular weight excluding hydrogens is 236 g/mol. The predicted octanol–water partition coefficient (Wildman–Crippen LogP) is 2.02. The van der Waals surface area contributed by atoms with Crippen molar-refractivity contribution in [2.75, 3.05) is 11.5 Å². The largest absolute Gasteiger partial charge is 0.399 e. The van der Waals surface area contributed by atoms with E-state index in [4.69, 9.17) is 11.5 Å².